The third-order valence-electron chi connectivity index (χ3n) is 11.6. The van der Waals surface area contributed by atoms with Gasteiger partial charge in [0.05, 0.1) is 16.4 Å². The van der Waals surface area contributed by atoms with E-state index >= 15 is 0 Å². The molecule has 0 amide bonds. The van der Waals surface area contributed by atoms with Crippen LogP contribution in [-0.4, -0.2) is 0 Å². The lowest BCUT2D eigenvalue weighted by atomic mass is 9.83. The maximum absolute atomic E-state index is 7.90. The first-order valence-corrected chi connectivity index (χ1v) is 21.4. The number of halogens is 1. The van der Waals surface area contributed by atoms with E-state index in [9.17, 15) is 0 Å². The fraction of sp³-hybridized carbons (Fsp3) is 0.286. The molecular weight excluding hydrogens is 736 g/mol. The van der Waals surface area contributed by atoms with Crippen LogP contribution in [0.15, 0.2) is 146 Å². The normalized spacial score (nSPS) is 12.5. The van der Waals surface area contributed by atoms with Crippen molar-refractivity contribution in [3.63, 3.8) is 0 Å². The highest BCUT2D eigenvalue weighted by Gasteiger charge is 2.25. The van der Waals surface area contributed by atoms with Crippen molar-refractivity contribution in [3.8, 4) is 22.3 Å². The molecule has 0 atom stereocenters. The zero-order valence-corrected chi connectivity index (χ0v) is 37.9. The molecule has 0 aromatic heterocycles. The van der Waals surface area contributed by atoms with Crippen LogP contribution in [0.5, 0.6) is 0 Å². The van der Waals surface area contributed by atoms with E-state index in [1.165, 1.54) is 33.0 Å². The van der Waals surface area contributed by atoms with E-state index in [-0.39, 0.29) is 21.7 Å². The Labute approximate surface area is 359 Å². The van der Waals surface area contributed by atoms with Gasteiger partial charge < -0.3 is 10.2 Å². The smallest absolute Gasteiger partial charge is 0.0887 e. The molecule has 0 saturated carbocycles. The van der Waals surface area contributed by atoms with Gasteiger partial charge in [-0.25, -0.2) is 0 Å². The number of fused-ring (bicyclic) bond motifs is 1. The molecule has 0 bridgehead atoms. The first-order chi connectivity index (χ1) is 27.7. The Hall–Kier alpha value is -5.31. The number of nitrogens with one attached hydrogen (secondary N) is 1. The van der Waals surface area contributed by atoms with Gasteiger partial charge in [-0.3, -0.25) is 0 Å². The topological polar surface area (TPSA) is 15.3 Å². The second-order valence-electron chi connectivity index (χ2n) is 20.3. The molecule has 2 nitrogen and oxygen atoms in total. The first kappa shape index (κ1) is 41.8. The highest BCUT2D eigenvalue weighted by molar-refractivity contribution is 6.37. The van der Waals surface area contributed by atoms with E-state index < -0.39 is 0 Å². The van der Waals surface area contributed by atoms with Crippen LogP contribution in [0, 0.1) is 0 Å². The Morgan fingerprint density at radius 2 is 0.864 bits per heavy atom. The highest BCUT2D eigenvalue weighted by Crippen LogP contribution is 2.48. The summed E-state index contributed by atoms with van der Waals surface area (Å²) in [5, 5.41) is 6.99. The summed E-state index contributed by atoms with van der Waals surface area (Å²) in [6, 6.07) is 53.4. The highest BCUT2D eigenvalue weighted by atomic mass is 35.5. The summed E-state index contributed by atoms with van der Waals surface area (Å²) >= 11 is 7.90. The number of anilines is 5. The Morgan fingerprint density at radius 3 is 1.39 bits per heavy atom. The maximum atomic E-state index is 7.90. The van der Waals surface area contributed by atoms with Crippen LogP contribution in [0.4, 0.5) is 28.4 Å². The molecule has 0 spiro atoms. The lowest BCUT2D eigenvalue weighted by Gasteiger charge is -2.30. The summed E-state index contributed by atoms with van der Waals surface area (Å²) in [6.45, 7) is 27.2. The number of hydrogen-bond donors (Lipinski definition) is 1. The van der Waals surface area contributed by atoms with Crippen LogP contribution in [0.25, 0.3) is 33.0 Å². The Bertz CT molecular complexity index is 2590. The lowest BCUT2D eigenvalue weighted by molar-refractivity contribution is 0.590. The van der Waals surface area contributed by atoms with Crippen LogP contribution < -0.4 is 10.2 Å². The summed E-state index contributed by atoms with van der Waals surface area (Å²) in [5.41, 5.74) is 14.5. The SMILES string of the molecule is CC(C)(C)c1ccc(-c2cc(C(C)(C)C)ccc2Nc2c(-c3ccc(C(C)(C)C)cc3)ccc(N(c3ccc(C(C)(C)C)cc3)c3ccc4ccccc4c3)c2Cl)cc1. The molecule has 1 N–H and O–H groups in total. The predicted molar refractivity (Wildman–Crippen MR) is 259 cm³/mol. The van der Waals surface area contributed by atoms with Crippen LogP contribution in [0.3, 0.4) is 0 Å². The molecule has 59 heavy (non-hydrogen) atoms. The van der Waals surface area contributed by atoms with Gasteiger partial charge in [0, 0.05) is 28.2 Å². The van der Waals surface area contributed by atoms with Gasteiger partial charge in [0.1, 0.15) is 0 Å². The average molecular weight is 798 g/mol. The first-order valence-electron chi connectivity index (χ1n) is 21.0. The number of nitrogens with zero attached hydrogens (tertiary/aromatic N) is 1. The zero-order chi connectivity index (χ0) is 42.5. The predicted octanol–water partition coefficient (Wildman–Crippen LogP) is 17.2. The maximum Gasteiger partial charge on any atom is 0.0887 e. The Balaban J connectivity index is 1.46. The van der Waals surface area contributed by atoms with Crippen LogP contribution in [-0.2, 0) is 21.7 Å². The Kier molecular flexibility index (Phi) is 11.1. The van der Waals surface area contributed by atoms with Crippen molar-refractivity contribution in [2.24, 2.45) is 0 Å². The molecule has 0 fully saturated rings. The molecular formula is C56H61ClN2. The quantitative estimate of drug-likeness (QED) is 0.173. The number of benzene rings is 7. The second kappa shape index (κ2) is 15.7. The van der Waals surface area contributed by atoms with E-state index in [4.69, 9.17) is 11.6 Å². The van der Waals surface area contributed by atoms with Crippen molar-refractivity contribution >= 4 is 50.8 Å². The molecule has 302 valence electrons. The molecule has 0 aliphatic carbocycles. The molecule has 7 rings (SSSR count). The monoisotopic (exact) mass is 796 g/mol. The fourth-order valence-electron chi connectivity index (χ4n) is 7.75. The minimum Gasteiger partial charge on any atom is -0.353 e. The van der Waals surface area contributed by atoms with Gasteiger partial charge in [-0.2, -0.15) is 0 Å². The van der Waals surface area contributed by atoms with Crippen molar-refractivity contribution in [3.05, 3.63) is 173 Å². The molecule has 0 heterocycles. The third-order valence-corrected chi connectivity index (χ3v) is 12.0. The van der Waals surface area contributed by atoms with Crippen LogP contribution >= 0.6 is 11.6 Å². The van der Waals surface area contributed by atoms with Gasteiger partial charge in [-0.05, 0) is 108 Å². The van der Waals surface area contributed by atoms with Gasteiger partial charge in [-0.1, -0.05) is 198 Å². The van der Waals surface area contributed by atoms with Crippen molar-refractivity contribution in [1.82, 2.24) is 0 Å². The number of hydrogen-bond acceptors (Lipinski definition) is 2. The van der Waals surface area contributed by atoms with Crippen molar-refractivity contribution < 1.29 is 0 Å². The number of rotatable bonds is 7. The Morgan fingerprint density at radius 1 is 0.407 bits per heavy atom. The molecule has 3 heteroatoms. The van der Waals surface area contributed by atoms with E-state index in [0.29, 0.717) is 5.02 Å². The van der Waals surface area contributed by atoms with E-state index in [1.54, 1.807) is 0 Å². The zero-order valence-electron chi connectivity index (χ0n) is 37.2. The minimum absolute atomic E-state index is 0.0263. The van der Waals surface area contributed by atoms with E-state index in [2.05, 4.69) is 239 Å². The molecule has 7 aromatic rings. The summed E-state index contributed by atoms with van der Waals surface area (Å²) in [5.74, 6) is 0. The van der Waals surface area contributed by atoms with Gasteiger partial charge in [0.2, 0.25) is 0 Å². The summed E-state index contributed by atoms with van der Waals surface area (Å²) in [7, 11) is 0. The van der Waals surface area contributed by atoms with Gasteiger partial charge in [0.25, 0.3) is 0 Å². The standard InChI is InChI=1S/C56H61ClN2/c1-53(2,3)41-22-17-38(18-23-41)47-32-34-50(59(45-30-26-43(27-31-45)55(7,8)9)46-29-21-37-15-13-14-16-40(37)35-46)51(57)52(47)58-49-33-28-44(56(10,11)12)36-48(49)39-19-24-42(25-20-39)54(4,5)6/h13-36,58H,1-12H3. The van der Waals surface area contributed by atoms with Gasteiger partial charge >= 0.3 is 0 Å². The van der Waals surface area contributed by atoms with E-state index in [0.717, 1.165) is 50.7 Å². The molecule has 0 aliphatic rings. The summed E-state index contributed by atoms with van der Waals surface area (Å²) in [4.78, 5) is 2.30. The summed E-state index contributed by atoms with van der Waals surface area (Å²) in [6.07, 6.45) is 0. The lowest BCUT2D eigenvalue weighted by Crippen LogP contribution is -2.14. The van der Waals surface area contributed by atoms with Gasteiger partial charge in [0.15, 0.2) is 0 Å². The van der Waals surface area contributed by atoms with Crippen LogP contribution in [0.1, 0.15) is 105 Å². The fourth-order valence-corrected chi connectivity index (χ4v) is 8.04. The molecule has 0 radical (unpaired) electrons. The van der Waals surface area contributed by atoms with Crippen molar-refractivity contribution in [2.45, 2.75) is 105 Å². The third kappa shape index (κ3) is 8.99. The minimum atomic E-state index is -0.0287. The summed E-state index contributed by atoms with van der Waals surface area (Å²) < 4.78 is 0. The van der Waals surface area contributed by atoms with E-state index in [1.807, 2.05) is 0 Å². The molecule has 0 aliphatic heterocycles. The molecule has 0 saturated heterocycles. The van der Waals surface area contributed by atoms with Crippen molar-refractivity contribution in [1.29, 1.82) is 0 Å². The largest absolute Gasteiger partial charge is 0.353 e. The van der Waals surface area contributed by atoms with Crippen molar-refractivity contribution in [2.75, 3.05) is 10.2 Å². The molecule has 7 aromatic carbocycles. The molecule has 0 unspecified atom stereocenters. The van der Waals surface area contributed by atoms with Crippen LogP contribution in [0.2, 0.25) is 5.02 Å². The second-order valence-corrected chi connectivity index (χ2v) is 20.7. The van der Waals surface area contributed by atoms with Gasteiger partial charge in [-0.15, -0.1) is 0 Å². The average Bonchev–Trinajstić information content (AvgIpc) is 3.18.